The summed E-state index contributed by atoms with van der Waals surface area (Å²) in [5.41, 5.74) is -6.16. The van der Waals surface area contributed by atoms with Crippen molar-refractivity contribution in [1.82, 2.24) is 0 Å². The number of ether oxygens (including phenoxy) is 1. The first-order chi connectivity index (χ1) is 13.9. The summed E-state index contributed by atoms with van der Waals surface area (Å²) in [5, 5.41) is 2.18. The van der Waals surface area contributed by atoms with Gasteiger partial charge >= 0.3 is 12.4 Å². The number of hydrogen-bond acceptors (Lipinski definition) is 2. The van der Waals surface area contributed by atoms with Crippen molar-refractivity contribution in [2.24, 2.45) is 5.41 Å². The van der Waals surface area contributed by atoms with E-state index in [0.717, 1.165) is 4.47 Å². The highest BCUT2D eigenvalue weighted by Gasteiger charge is 2.46. The number of benzene rings is 2. The zero-order chi connectivity index (χ0) is 23.8. The van der Waals surface area contributed by atoms with Crippen molar-refractivity contribution in [1.29, 1.82) is 0 Å². The molecule has 3 nitrogen and oxygen atoms in total. The molecular weight excluding hydrogens is 492 g/mol. The summed E-state index contributed by atoms with van der Waals surface area (Å²) < 4.78 is 85.0. The molecule has 0 aliphatic heterocycles. The predicted molar refractivity (Wildman–Crippen MR) is 108 cm³/mol. The van der Waals surface area contributed by atoms with E-state index in [9.17, 15) is 31.1 Å². The number of halogens is 7. The van der Waals surface area contributed by atoms with Crippen LogP contribution in [-0.4, -0.2) is 11.5 Å². The second-order valence-corrected chi connectivity index (χ2v) is 8.86. The number of hydrogen-bond donors (Lipinski definition) is 1. The average Bonchev–Trinajstić information content (AvgIpc) is 2.59. The highest BCUT2D eigenvalue weighted by molar-refractivity contribution is 9.10. The van der Waals surface area contributed by atoms with Crippen LogP contribution in [0.4, 0.5) is 32.0 Å². The van der Waals surface area contributed by atoms with Crippen molar-refractivity contribution in [2.75, 3.05) is 5.32 Å². The van der Waals surface area contributed by atoms with Crippen LogP contribution in [0.3, 0.4) is 0 Å². The Morgan fingerprint density at radius 1 is 0.871 bits per heavy atom. The van der Waals surface area contributed by atoms with Crippen molar-refractivity contribution < 1.29 is 35.9 Å². The van der Waals surface area contributed by atoms with Crippen molar-refractivity contribution in [3.8, 4) is 5.75 Å². The number of carbonyl (C=O) groups is 1. The standard InChI is InChI=1S/C21H20BrF6NO2/c1-18(2,19(3,4)31-16-7-5-6-14(22)11-16)17(30)29-15-9-12(20(23,24)25)8-13(10-15)21(26,27)28/h5-11H,1-4H3,(H,29,30). The highest BCUT2D eigenvalue weighted by atomic mass is 79.9. The van der Waals surface area contributed by atoms with Crippen LogP contribution in [0.15, 0.2) is 46.9 Å². The molecule has 0 spiro atoms. The van der Waals surface area contributed by atoms with E-state index in [4.69, 9.17) is 4.74 Å². The Bertz CT molecular complexity index is 935. The molecule has 0 aliphatic carbocycles. The lowest BCUT2D eigenvalue weighted by molar-refractivity contribution is -0.143. The summed E-state index contributed by atoms with van der Waals surface area (Å²) in [7, 11) is 0. The van der Waals surface area contributed by atoms with Crippen LogP contribution in [0.25, 0.3) is 0 Å². The van der Waals surface area contributed by atoms with E-state index in [0.29, 0.717) is 17.9 Å². The van der Waals surface area contributed by atoms with E-state index in [2.05, 4.69) is 21.2 Å². The van der Waals surface area contributed by atoms with Gasteiger partial charge in [-0.1, -0.05) is 22.0 Å². The molecule has 2 aromatic carbocycles. The normalized spacial score (nSPS) is 13.1. The van der Waals surface area contributed by atoms with Crippen molar-refractivity contribution >= 4 is 27.5 Å². The summed E-state index contributed by atoms with van der Waals surface area (Å²) in [5.74, 6) is -0.376. The molecule has 0 radical (unpaired) electrons. The SMILES string of the molecule is CC(C)(Oc1cccc(Br)c1)C(C)(C)C(=O)Nc1cc(C(F)(F)F)cc(C(F)(F)F)c1. The molecule has 2 rings (SSSR count). The van der Waals surface area contributed by atoms with Crippen LogP contribution in [-0.2, 0) is 17.1 Å². The third-order valence-electron chi connectivity index (χ3n) is 5.09. The smallest absolute Gasteiger partial charge is 0.416 e. The molecule has 0 aromatic heterocycles. The minimum absolute atomic E-state index is 0.00110. The summed E-state index contributed by atoms with van der Waals surface area (Å²) in [6.07, 6.45) is -10.0. The molecule has 0 heterocycles. The van der Waals surface area contributed by atoms with E-state index < -0.39 is 46.1 Å². The lowest BCUT2D eigenvalue weighted by Gasteiger charge is -2.40. The largest absolute Gasteiger partial charge is 0.487 e. The van der Waals surface area contributed by atoms with Crippen LogP contribution in [0.2, 0.25) is 0 Å². The quantitative estimate of drug-likeness (QED) is 0.427. The summed E-state index contributed by atoms with van der Waals surface area (Å²) >= 11 is 3.30. The number of carbonyl (C=O) groups excluding carboxylic acids is 1. The average molecular weight is 512 g/mol. The second kappa shape index (κ2) is 8.37. The van der Waals surface area contributed by atoms with Gasteiger partial charge < -0.3 is 10.1 Å². The minimum atomic E-state index is -5.01. The van der Waals surface area contributed by atoms with Gasteiger partial charge in [-0.3, -0.25) is 4.79 Å². The van der Waals surface area contributed by atoms with Crippen LogP contribution in [0.1, 0.15) is 38.8 Å². The van der Waals surface area contributed by atoms with Crippen LogP contribution < -0.4 is 10.1 Å². The third-order valence-corrected chi connectivity index (χ3v) is 5.58. The van der Waals surface area contributed by atoms with Crippen molar-refractivity contribution in [3.63, 3.8) is 0 Å². The first-order valence-corrected chi connectivity index (χ1v) is 9.78. The van der Waals surface area contributed by atoms with E-state index in [-0.39, 0.29) is 6.07 Å². The zero-order valence-corrected chi connectivity index (χ0v) is 18.6. The molecule has 170 valence electrons. The van der Waals surface area contributed by atoms with Crippen molar-refractivity contribution in [2.45, 2.75) is 45.6 Å². The maximum Gasteiger partial charge on any atom is 0.416 e. The Morgan fingerprint density at radius 2 is 1.39 bits per heavy atom. The molecular formula is C21H20BrF6NO2. The van der Waals surface area contributed by atoms with Crippen LogP contribution in [0, 0.1) is 5.41 Å². The van der Waals surface area contributed by atoms with Gasteiger partial charge in [0.1, 0.15) is 11.4 Å². The summed E-state index contributed by atoms with van der Waals surface area (Å²) in [6, 6.07) is 7.73. The van der Waals surface area contributed by atoms with Gasteiger partial charge in [0.05, 0.1) is 16.5 Å². The number of nitrogens with one attached hydrogen (secondary N) is 1. The highest BCUT2D eigenvalue weighted by Crippen LogP contribution is 2.40. The van der Waals surface area contributed by atoms with Gasteiger partial charge in [0.15, 0.2) is 0 Å². The molecule has 0 unspecified atom stereocenters. The fourth-order valence-electron chi connectivity index (χ4n) is 2.54. The monoisotopic (exact) mass is 511 g/mol. The lowest BCUT2D eigenvalue weighted by Crippen LogP contribution is -2.51. The molecule has 2 aromatic rings. The van der Waals surface area contributed by atoms with Gasteiger partial charge in [-0.25, -0.2) is 0 Å². The number of alkyl halides is 6. The first kappa shape index (κ1) is 25.0. The first-order valence-electron chi connectivity index (χ1n) is 8.99. The molecule has 0 saturated carbocycles. The van der Waals surface area contributed by atoms with Gasteiger partial charge in [-0.15, -0.1) is 0 Å². The number of anilines is 1. The Morgan fingerprint density at radius 3 is 1.84 bits per heavy atom. The number of amides is 1. The summed E-state index contributed by atoms with van der Waals surface area (Å²) in [4.78, 5) is 12.9. The Hall–Kier alpha value is -2.23. The van der Waals surface area contributed by atoms with Gasteiger partial charge in [-0.05, 0) is 64.1 Å². The molecule has 0 bridgehead atoms. The fraction of sp³-hybridized carbons (Fsp3) is 0.381. The van der Waals surface area contributed by atoms with Gasteiger partial charge in [-0.2, -0.15) is 26.3 Å². The van der Waals surface area contributed by atoms with E-state index in [1.807, 2.05) is 0 Å². The summed E-state index contributed by atoms with van der Waals surface area (Å²) in [6.45, 7) is 6.17. The third kappa shape index (κ3) is 5.93. The van der Waals surface area contributed by atoms with Gasteiger partial charge in [0, 0.05) is 10.2 Å². The minimum Gasteiger partial charge on any atom is -0.487 e. The molecule has 1 amide bonds. The Kier molecular flexibility index (Phi) is 6.76. The second-order valence-electron chi connectivity index (χ2n) is 7.94. The molecule has 31 heavy (non-hydrogen) atoms. The lowest BCUT2D eigenvalue weighted by atomic mass is 9.76. The maximum absolute atomic E-state index is 13.1. The van der Waals surface area contributed by atoms with Crippen molar-refractivity contribution in [3.05, 3.63) is 58.1 Å². The molecule has 0 aliphatic rings. The zero-order valence-electron chi connectivity index (χ0n) is 17.0. The fourth-order valence-corrected chi connectivity index (χ4v) is 2.92. The topological polar surface area (TPSA) is 38.3 Å². The van der Waals surface area contributed by atoms with Crippen LogP contribution >= 0.6 is 15.9 Å². The van der Waals surface area contributed by atoms with E-state index >= 15 is 0 Å². The molecule has 10 heteroatoms. The number of rotatable bonds is 5. The molecule has 1 N–H and O–H groups in total. The van der Waals surface area contributed by atoms with E-state index in [1.54, 1.807) is 38.1 Å². The van der Waals surface area contributed by atoms with Crippen LogP contribution in [0.5, 0.6) is 5.75 Å². The Labute approximate surface area is 183 Å². The van der Waals surface area contributed by atoms with Gasteiger partial charge in [0.2, 0.25) is 5.91 Å². The predicted octanol–water partition coefficient (Wildman–Crippen LogP) is 7.31. The molecule has 0 saturated heterocycles. The molecule has 0 atom stereocenters. The van der Waals surface area contributed by atoms with E-state index in [1.165, 1.54) is 13.8 Å². The Balaban J connectivity index is 2.36. The van der Waals surface area contributed by atoms with Gasteiger partial charge in [0.25, 0.3) is 0 Å². The molecule has 0 fully saturated rings. The maximum atomic E-state index is 13.1.